The van der Waals surface area contributed by atoms with Gasteiger partial charge in [0.1, 0.15) is 11.9 Å². The lowest BCUT2D eigenvalue weighted by molar-refractivity contribution is 0.0599. The van der Waals surface area contributed by atoms with Gasteiger partial charge in [-0.15, -0.1) is 0 Å². The van der Waals surface area contributed by atoms with E-state index in [0.29, 0.717) is 0 Å². The molecular formula is C16H24O2. The van der Waals surface area contributed by atoms with E-state index in [9.17, 15) is 5.11 Å². The molecule has 1 aliphatic rings. The summed E-state index contributed by atoms with van der Waals surface area (Å²) >= 11 is 0. The Morgan fingerprint density at radius 1 is 1.22 bits per heavy atom. The minimum Gasteiger partial charge on any atom is -0.487 e. The Balaban J connectivity index is 2.15. The van der Waals surface area contributed by atoms with E-state index in [-0.39, 0.29) is 17.6 Å². The number of hydrogen-bond donors (Lipinski definition) is 1. The van der Waals surface area contributed by atoms with Crippen LogP contribution in [0.2, 0.25) is 0 Å². The number of aliphatic hydroxyl groups excluding tert-OH is 1. The van der Waals surface area contributed by atoms with Crippen molar-refractivity contribution >= 4 is 0 Å². The largest absolute Gasteiger partial charge is 0.487 e. The van der Waals surface area contributed by atoms with Gasteiger partial charge in [0.05, 0.1) is 6.10 Å². The molecule has 0 heterocycles. The van der Waals surface area contributed by atoms with E-state index in [1.54, 1.807) is 0 Å². The molecule has 2 rings (SSSR count). The lowest BCUT2D eigenvalue weighted by Crippen LogP contribution is -2.26. The van der Waals surface area contributed by atoms with Crippen LogP contribution in [0.3, 0.4) is 0 Å². The van der Waals surface area contributed by atoms with Crippen molar-refractivity contribution in [3.63, 3.8) is 0 Å². The summed E-state index contributed by atoms with van der Waals surface area (Å²) in [6.07, 6.45) is 2.56. The zero-order chi connectivity index (χ0) is 13.3. The minimum absolute atomic E-state index is 0.0239. The van der Waals surface area contributed by atoms with Gasteiger partial charge in [-0.1, -0.05) is 32.9 Å². The maximum atomic E-state index is 9.80. The smallest absolute Gasteiger partial charge is 0.124 e. The van der Waals surface area contributed by atoms with Crippen molar-refractivity contribution in [2.75, 3.05) is 0 Å². The van der Waals surface area contributed by atoms with E-state index in [4.69, 9.17) is 4.74 Å². The van der Waals surface area contributed by atoms with Gasteiger partial charge in [-0.2, -0.15) is 0 Å². The second kappa shape index (κ2) is 4.93. The topological polar surface area (TPSA) is 29.5 Å². The zero-order valence-electron chi connectivity index (χ0n) is 11.9. The number of ether oxygens (including phenoxy) is 1. The highest BCUT2D eigenvalue weighted by Crippen LogP contribution is 2.30. The first-order chi connectivity index (χ1) is 8.38. The molecule has 0 amide bonds. The van der Waals surface area contributed by atoms with Crippen LogP contribution in [0, 0.1) is 6.92 Å². The molecule has 0 unspecified atom stereocenters. The zero-order valence-corrected chi connectivity index (χ0v) is 11.9. The molecular weight excluding hydrogens is 224 g/mol. The summed E-state index contributed by atoms with van der Waals surface area (Å²) in [5, 5.41) is 9.80. The fourth-order valence-corrected chi connectivity index (χ4v) is 2.46. The van der Waals surface area contributed by atoms with Crippen LogP contribution in [0.25, 0.3) is 0 Å². The van der Waals surface area contributed by atoms with E-state index >= 15 is 0 Å². The summed E-state index contributed by atoms with van der Waals surface area (Å²) in [6.45, 7) is 8.71. The molecule has 0 saturated heterocycles. The van der Waals surface area contributed by atoms with Crippen molar-refractivity contribution in [3.8, 4) is 5.75 Å². The molecule has 1 aromatic carbocycles. The van der Waals surface area contributed by atoms with Gasteiger partial charge in [0.15, 0.2) is 0 Å². The van der Waals surface area contributed by atoms with Crippen molar-refractivity contribution in [1.29, 1.82) is 0 Å². The predicted molar refractivity (Wildman–Crippen MR) is 74.2 cm³/mol. The van der Waals surface area contributed by atoms with Gasteiger partial charge in [-0.25, -0.2) is 0 Å². The summed E-state index contributed by atoms with van der Waals surface area (Å²) in [4.78, 5) is 0. The highest BCUT2D eigenvalue weighted by Gasteiger charge is 2.27. The number of benzene rings is 1. The summed E-state index contributed by atoms with van der Waals surface area (Å²) < 4.78 is 5.94. The molecule has 0 bridgehead atoms. The molecule has 18 heavy (non-hydrogen) atoms. The maximum Gasteiger partial charge on any atom is 0.124 e. The highest BCUT2D eigenvalue weighted by atomic mass is 16.5. The van der Waals surface area contributed by atoms with Crippen LogP contribution in [0.15, 0.2) is 18.2 Å². The van der Waals surface area contributed by atoms with Crippen LogP contribution in [-0.2, 0) is 5.41 Å². The Kier molecular flexibility index (Phi) is 3.67. The monoisotopic (exact) mass is 248 g/mol. The normalized spacial score (nSPS) is 24.3. The number of aryl methyl sites for hydroxylation is 1. The van der Waals surface area contributed by atoms with Gasteiger partial charge in [-0.3, -0.25) is 0 Å². The van der Waals surface area contributed by atoms with Crippen molar-refractivity contribution in [2.24, 2.45) is 0 Å². The molecule has 2 atom stereocenters. The van der Waals surface area contributed by atoms with Crippen molar-refractivity contribution in [2.45, 2.75) is 64.6 Å². The Hall–Kier alpha value is -1.02. The number of rotatable bonds is 2. The second-order valence-electron chi connectivity index (χ2n) is 6.38. The van der Waals surface area contributed by atoms with Crippen molar-refractivity contribution in [3.05, 3.63) is 29.3 Å². The van der Waals surface area contributed by atoms with Gasteiger partial charge in [0.25, 0.3) is 0 Å². The lowest BCUT2D eigenvalue weighted by Gasteiger charge is -2.22. The average Bonchev–Trinajstić information content (AvgIpc) is 2.66. The Labute approximate surface area is 110 Å². The van der Waals surface area contributed by atoms with E-state index in [0.717, 1.165) is 30.6 Å². The quantitative estimate of drug-likeness (QED) is 0.866. The van der Waals surface area contributed by atoms with Crippen molar-refractivity contribution < 1.29 is 9.84 Å². The predicted octanol–water partition coefficient (Wildman–Crippen LogP) is 3.58. The summed E-state index contributed by atoms with van der Waals surface area (Å²) in [7, 11) is 0. The first-order valence-corrected chi connectivity index (χ1v) is 6.84. The van der Waals surface area contributed by atoms with E-state index in [2.05, 4.69) is 39.8 Å². The minimum atomic E-state index is -0.299. The van der Waals surface area contributed by atoms with Crippen LogP contribution in [0.5, 0.6) is 5.75 Å². The van der Waals surface area contributed by atoms with Crippen LogP contribution < -0.4 is 4.74 Å². The maximum absolute atomic E-state index is 9.80. The number of hydrogen-bond acceptors (Lipinski definition) is 2. The SMILES string of the molecule is Cc1cc(C(C)(C)C)ccc1O[C@H]1CCC[C@@H]1O. The van der Waals surface area contributed by atoms with Crippen LogP contribution in [0.1, 0.15) is 51.2 Å². The molecule has 1 aromatic rings. The van der Waals surface area contributed by atoms with Gasteiger partial charge >= 0.3 is 0 Å². The molecule has 1 aliphatic carbocycles. The average molecular weight is 248 g/mol. The van der Waals surface area contributed by atoms with E-state index in [1.807, 2.05) is 6.07 Å². The molecule has 0 aliphatic heterocycles. The van der Waals surface area contributed by atoms with Gasteiger partial charge < -0.3 is 9.84 Å². The molecule has 2 nitrogen and oxygen atoms in total. The summed E-state index contributed by atoms with van der Waals surface area (Å²) in [6, 6.07) is 6.36. The molecule has 1 fully saturated rings. The lowest BCUT2D eigenvalue weighted by atomic mass is 9.86. The second-order valence-corrected chi connectivity index (χ2v) is 6.38. The van der Waals surface area contributed by atoms with Gasteiger partial charge in [-0.05, 0) is 48.8 Å². The van der Waals surface area contributed by atoms with Crippen molar-refractivity contribution in [1.82, 2.24) is 0 Å². The third kappa shape index (κ3) is 2.86. The van der Waals surface area contributed by atoms with Gasteiger partial charge in [0.2, 0.25) is 0 Å². The van der Waals surface area contributed by atoms with Gasteiger partial charge in [0, 0.05) is 0 Å². The Bertz CT molecular complexity index is 418. The van der Waals surface area contributed by atoms with Crippen LogP contribution >= 0.6 is 0 Å². The molecule has 0 radical (unpaired) electrons. The molecule has 1 saturated carbocycles. The fraction of sp³-hybridized carbons (Fsp3) is 0.625. The molecule has 2 heteroatoms. The van der Waals surface area contributed by atoms with Crippen LogP contribution in [-0.4, -0.2) is 17.3 Å². The molecule has 1 N–H and O–H groups in total. The molecule has 100 valence electrons. The third-order valence-corrected chi connectivity index (χ3v) is 3.74. The fourth-order valence-electron chi connectivity index (χ4n) is 2.46. The Morgan fingerprint density at radius 2 is 1.94 bits per heavy atom. The summed E-state index contributed by atoms with van der Waals surface area (Å²) in [5.41, 5.74) is 2.64. The highest BCUT2D eigenvalue weighted by molar-refractivity contribution is 5.39. The standard InChI is InChI=1S/C16H24O2/c1-11-10-12(16(2,3)4)8-9-14(11)18-15-7-5-6-13(15)17/h8-10,13,15,17H,5-7H2,1-4H3/t13-,15-/m0/s1. The first kappa shape index (κ1) is 13.4. The molecule has 0 aromatic heterocycles. The third-order valence-electron chi connectivity index (χ3n) is 3.74. The van der Waals surface area contributed by atoms with Crippen LogP contribution in [0.4, 0.5) is 0 Å². The Morgan fingerprint density at radius 3 is 2.44 bits per heavy atom. The number of aliphatic hydroxyl groups is 1. The summed E-state index contributed by atoms with van der Waals surface area (Å²) in [5.74, 6) is 0.911. The van der Waals surface area contributed by atoms with E-state index in [1.165, 1.54) is 5.56 Å². The van der Waals surface area contributed by atoms with E-state index < -0.39 is 0 Å². The molecule has 0 spiro atoms. The first-order valence-electron chi connectivity index (χ1n) is 6.84.